The largest absolute Gasteiger partial charge is 0.493 e. The maximum atomic E-state index is 12.5. The average Bonchev–Trinajstić information content (AvgIpc) is 3.36. The number of hydrogen-bond donors (Lipinski definition) is 0. The predicted molar refractivity (Wildman–Crippen MR) is 113 cm³/mol. The lowest BCUT2D eigenvalue weighted by atomic mass is 10.2. The number of ether oxygens (including phenoxy) is 3. The summed E-state index contributed by atoms with van der Waals surface area (Å²) in [5.74, 6) is -0.713. The van der Waals surface area contributed by atoms with Crippen LogP contribution in [0, 0.1) is 0 Å². The van der Waals surface area contributed by atoms with Crippen molar-refractivity contribution in [2.24, 2.45) is 4.99 Å². The van der Waals surface area contributed by atoms with Crippen molar-refractivity contribution in [2.45, 2.75) is 13.2 Å². The molecule has 10 heteroatoms. The van der Waals surface area contributed by atoms with Crippen molar-refractivity contribution in [1.82, 2.24) is 9.78 Å². The molecular formula is C22H16ClF2N3O4. The van der Waals surface area contributed by atoms with E-state index in [-0.39, 0.29) is 23.1 Å². The van der Waals surface area contributed by atoms with Crippen molar-refractivity contribution in [2.75, 3.05) is 7.11 Å². The lowest BCUT2D eigenvalue weighted by Crippen LogP contribution is -2.07. The van der Waals surface area contributed by atoms with Crippen molar-refractivity contribution >= 4 is 29.5 Å². The van der Waals surface area contributed by atoms with Crippen LogP contribution in [0.2, 0.25) is 5.02 Å². The minimum atomic E-state index is -3.00. The van der Waals surface area contributed by atoms with Crippen LogP contribution in [-0.4, -0.2) is 35.4 Å². The second-order valence-electron chi connectivity index (χ2n) is 6.64. The van der Waals surface area contributed by atoms with E-state index in [0.29, 0.717) is 22.7 Å². The maximum Gasteiger partial charge on any atom is 0.387 e. The van der Waals surface area contributed by atoms with E-state index >= 15 is 0 Å². The smallest absolute Gasteiger partial charge is 0.387 e. The van der Waals surface area contributed by atoms with Crippen LogP contribution in [0.25, 0.3) is 6.08 Å². The number of carbonyl (C=O) groups excluding carboxylic acids is 1. The fraction of sp³-hybridized carbons (Fsp3) is 0.136. The lowest BCUT2D eigenvalue weighted by Gasteiger charge is -2.10. The number of alkyl halides is 2. The summed E-state index contributed by atoms with van der Waals surface area (Å²) in [5, 5.41) is 4.91. The van der Waals surface area contributed by atoms with Crippen LogP contribution in [0.15, 0.2) is 65.5 Å². The Balaban J connectivity index is 1.54. The number of cyclic esters (lactones) is 1. The zero-order valence-electron chi connectivity index (χ0n) is 16.7. The fourth-order valence-electron chi connectivity index (χ4n) is 3.03. The van der Waals surface area contributed by atoms with E-state index in [9.17, 15) is 13.6 Å². The van der Waals surface area contributed by atoms with E-state index in [1.54, 1.807) is 23.1 Å². The number of esters is 1. The Morgan fingerprint density at radius 2 is 2.03 bits per heavy atom. The van der Waals surface area contributed by atoms with E-state index in [1.165, 1.54) is 31.4 Å². The Bertz CT molecular complexity index is 1220. The van der Waals surface area contributed by atoms with Crippen LogP contribution in [0.1, 0.15) is 16.7 Å². The second kappa shape index (κ2) is 9.19. The number of benzene rings is 2. The molecule has 0 amide bonds. The van der Waals surface area contributed by atoms with Gasteiger partial charge in [-0.3, -0.25) is 4.68 Å². The molecule has 0 saturated heterocycles. The van der Waals surface area contributed by atoms with Gasteiger partial charge in [-0.1, -0.05) is 29.8 Å². The minimum Gasteiger partial charge on any atom is -0.493 e. The van der Waals surface area contributed by atoms with Crippen LogP contribution in [0.4, 0.5) is 8.78 Å². The zero-order valence-corrected chi connectivity index (χ0v) is 17.4. The molecular weight excluding hydrogens is 444 g/mol. The Kier molecular flexibility index (Phi) is 6.18. The van der Waals surface area contributed by atoms with Crippen molar-refractivity contribution in [3.63, 3.8) is 0 Å². The molecule has 0 unspecified atom stereocenters. The molecule has 32 heavy (non-hydrogen) atoms. The minimum absolute atomic E-state index is 0.0200. The molecule has 0 bridgehead atoms. The van der Waals surface area contributed by atoms with Crippen LogP contribution >= 0.6 is 11.6 Å². The number of rotatable bonds is 7. The van der Waals surface area contributed by atoms with E-state index in [1.807, 2.05) is 18.2 Å². The van der Waals surface area contributed by atoms with Crippen LogP contribution in [0.3, 0.4) is 0 Å². The highest BCUT2D eigenvalue weighted by Crippen LogP contribution is 2.31. The van der Waals surface area contributed by atoms with Gasteiger partial charge in [0.15, 0.2) is 17.2 Å². The lowest BCUT2D eigenvalue weighted by molar-refractivity contribution is -0.129. The molecule has 7 nitrogen and oxygen atoms in total. The van der Waals surface area contributed by atoms with Crippen molar-refractivity contribution in [3.8, 4) is 11.5 Å². The van der Waals surface area contributed by atoms with Gasteiger partial charge < -0.3 is 14.2 Å². The molecule has 0 radical (unpaired) electrons. The summed E-state index contributed by atoms with van der Waals surface area (Å²) in [7, 11) is 1.31. The fourth-order valence-corrected chi connectivity index (χ4v) is 3.22. The molecule has 0 saturated carbocycles. The summed E-state index contributed by atoms with van der Waals surface area (Å²) < 4.78 is 41.4. The molecule has 0 N–H and O–H groups in total. The second-order valence-corrected chi connectivity index (χ2v) is 7.05. The normalized spacial score (nSPS) is 14.6. The summed E-state index contributed by atoms with van der Waals surface area (Å²) in [6, 6.07) is 11.6. The van der Waals surface area contributed by atoms with Gasteiger partial charge in [0.2, 0.25) is 5.90 Å². The molecule has 164 valence electrons. The van der Waals surface area contributed by atoms with Crippen LogP contribution in [-0.2, 0) is 16.1 Å². The zero-order chi connectivity index (χ0) is 22.7. The molecule has 0 spiro atoms. The van der Waals surface area contributed by atoms with Crippen LogP contribution in [0.5, 0.6) is 11.5 Å². The number of aliphatic imine (C=N–C) groups is 1. The van der Waals surface area contributed by atoms with E-state index in [4.69, 9.17) is 21.1 Å². The van der Waals surface area contributed by atoms with E-state index in [2.05, 4.69) is 14.8 Å². The summed E-state index contributed by atoms with van der Waals surface area (Å²) >= 11 is 6.18. The van der Waals surface area contributed by atoms with Gasteiger partial charge in [-0.15, -0.1) is 0 Å². The number of nitrogens with zero attached hydrogens (tertiary/aromatic N) is 3. The molecule has 4 rings (SSSR count). The van der Waals surface area contributed by atoms with Gasteiger partial charge in [0.05, 0.1) is 19.9 Å². The third kappa shape index (κ3) is 4.78. The summed E-state index contributed by atoms with van der Waals surface area (Å²) in [4.78, 5) is 16.5. The summed E-state index contributed by atoms with van der Waals surface area (Å²) in [5.41, 5.74) is 2.00. The van der Waals surface area contributed by atoms with Gasteiger partial charge in [-0.2, -0.15) is 13.9 Å². The molecule has 0 atom stereocenters. The number of aromatic nitrogens is 2. The quantitative estimate of drug-likeness (QED) is 0.383. The highest BCUT2D eigenvalue weighted by atomic mass is 35.5. The van der Waals surface area contributed by atoms with Crippen molar-refractivity contribution in [3.05, 3.63) is 82.3 Å². The Morgan fingerprint density at radius 3 is 2.78 bits per heavy atom. The standard InChI is InChI=1S/C22H16ClF2N3O4/c1-30-19-9-14(6-7-18(19)31-22(24)25)20-27-17(21(29)32-20)8-13-10-26-28(11-13)12-15-4-2-3-5-16(15)23/h2-11,22H,12H2,1H3. The Labute approximate surface area is 186 Å². The summed E-state index contributed by atoms with van der Waals surface area (Å²) in [6.45, 7) is -2.53. The van der Waals surface area contributed by atoms with E-state index < -0.39 is 12.6 Å². The van der Waals surface area contributed by atoms with Gasteiger partial charge in [-0.25, -0.2) is 9.79 Å². The highest BCUT2D eigenvalue weighted by molar-refractivity contribution is 6.31. The van der Waals surface area contributed by atoms with Crippen LogP contribution < -0.4 is 9.47 Å². The van der Waals surface area contributed by atoms with E-state index in [0.717, 1.165) is 5.56 Å². The number of carbonyl (C=O) groups is 1. The number of halogens is 3. The Morgan fingerprint density at radius 1 is 1.22 bits per heavy atom. The maximum absolute atomic E-state index is 12.5. The first-order valence-corrected chi connectivity index (χ1v) is 9.72. The molecule has 2 aromatic carbocycles. The highest BCUT2D eigenvalue weighted by Gasteiger charge is 2.25. The van der Waals surface area contributed by atoms with Gasteiger partial charge in [0.1, 0.15) is 0 Å². The van der Waals surface area contributed by atoms with Gasteiger partial charge in [0.25, 0.3) is 0 Å². The number of methoxy groups -OCH3 is 1. The third-order valence-electron chi connectivity index (χ3n) is 4.49. The Hall–Kier alpha value is -3.72. The molecule has 1 aliphatic heterocycles. The van der Waals surface area contributed by atoms with Crippen molar-refractivity contribution in [1.29, 1.82) is 0 Å². The molecule has 2 heterocycles. The molecule has 1 aliphatic rings. The first-order valence-electron chi connectivity index (χ1n) is 9.34. The molecule has 1 aromatic heterocycles. The molecule has 0 aliphatic carbocycles. The molecule has 0 fully saturated rings. The monoisotopic (exact) mass is 459 g/mol. The third-order valence-corrected chi connectivity index (χ3v) is 4.86. The predicted octanol–water partition coefficient (Wildman–Crippen LogP) is 4.54. The van der Waals surface area contributed by atoms with Gasteiger partial charge >= 0.3 is 12.6 Å². The topological polar surface area (TPSA) is 74.9 Å². The molecule has 3 aromatic rings. The summed E-state index contributed by atoms with van der Waals surface area (Å²) in [6.07, 6.45) is 4.87. The first-order chi connectivity index (χ1) is 15.4. The first kappa shape index (κ1) is 21.5. The SMILES string of the molecule is COc1cc(C2=NC(=Cc3cnn(Cc4ccccc4Cl)c3)C(=O)O2)ccc1OC(F)F. The average molecular weight is 460 g/mol. The van der Waals surface area contributed by atoms with Crippen molar-refractivity contribution < 1.29 is 27.8 Å². The van der Waals surface area contributed by atoms with Gasteiger partial charge in [-0.05, 0) is 35.9 Å². The van der Waals surface area contributed by atoms with Gasteiger partial charge in [0, 0.05) is 22.3 Å². The number of hydrogen-bond acceptors (Lipinski definition) is 6.